The second kappa shape index (κ2) is 6.80. The maximum absolute atomic E-state index is 4.16. The average Bonchev–Trinajstić information content (AvgIpc) is 2.89. The molecule has 0 saturated heterocycles. The number of anilines is 2. The molecule has 1 aliphatic heterocycles. The summed E-state index contributed by atoms with van der Waals surface area (Å²) in [6, 6.07) is 16.7. The number of allylic oxidation sites excluding steroid dienone is 3. The van der Waals surface area contributed by atoms with E-state index >= 15 is 0 Å². The van der Waals surface area contributed by atoms with E-state index in [1.54, 1.807) is 11.8 Å². The monoisotopic (exact) mass is 320 g/mol. The fourth-order valence-corrected chi connectivity index (χ4v) is 3.65. The average molecular weight is 320 g/mol. The molecule has 0 radical (unpaired) electrons. The van der Waals surface area contributed by atoms with Gasteiger partial charge in [0.1, 0.15) is 0 Å². The van der Waals surface area contributed by atoms with E-state index in [-0.39, 0.29) is 0 Å². The first-order chi connectivity index (χ1) is 11.2. The Morgan fingerprint density at radius 3 is 2.65 bits per heavy atom. The lowest BCUT2D eigenvalue weighted by Crippen LogP contribution is -2.09. The Balaban J connectivity index is 1.76. The van der Waals surface area contributed by atoms with Crippen molar-refractivity contribution in [3.05, 3.63) is 83.4 Å². The molecular formula is C20H20N2S. The van der Waals surface area contributed by atoms with Crippen molar-refractivity contribution in [2.45, 2.75) is 4.90 Å². The lowest BCUT2D eigenvalue weighted by Gasteiger charge is -2.13. The second-order valence-corrected chi connectivity index (χ2v) is 6.42. The van der Waals surface area contributed by atoms with E-state index in [9.17, 15) is 0 Å². The predicted molar refractivity (Wildman–Crippen MR) is 103 cm³/mol. The molecule has 0 aromatic heterocycles. The molecule has 116 valence electrons. The Morgan fingerprint density at radius 1 is 1.13 bits per heavy atom. The van der Waals surface area contributed by atoms with Gasteiger partial charge in [0.15, 0.2) is 0 Å². The summed E-state index contributed by atoms with van der Waals surface area (Å²) in [6.45, 7) is 4.16. The number of nitrogens with zero attached hydrogens (tertiary/aromatic N) is 1. The van der Waals surface area contributed by atoms with E-state index in [1.165, 1.54) is 15.6 Å². The van der Waals surface area contributed by atoms with Crippen LogP contribution in [-0.4, -0.2) is 14.1 Å². The number of fused-ring (bicyclic) bond motifs is 1. The second-order valence-electron chi connectivity index (χ2n) is 5.36. The van der Waals surface area contributed by atoms with Gasteiger partial charge in [0.2, 0.25) is 0 Å². The molecule has 2 aromatic rings. The number of para-hydroxylation sites is 2. The Hall–Kier alpha value is -2.39. The molecule has 2 nitrogen and oxygen atoms in total. The van der Waals surface area contributed by atoms with Gasteiger partial charge in [-0.3, -0.25) is 0 Å². The summed E-state index contributed by atoms with van der Waals surface area (Å²) in [5, 5.41) is 4.40. The van der Waals surface area contributed by atoms with Crippen LogP contribution in [-0.2, 0) is 0 Å². The zero-order valence-corrected chi connectivity index (χ0v) is 14.2. The highest BCUT2D eigenvalue weighted by Gasteiger charge is 2.20. The summed E-state index contributed by atoms with van der Waals surface area (Å²) in [4.78, 5) is 3.50. The van der Waals surface area contributed by atoms with Gasteiger partial charge in [-0.25, -0.2) is 0 Å². The third-order valence-electron chi connectivity index (χ3n) is 3.79. The van der Waals surface area contributed by atoms with Gasteiger partial charge in [-0.1, -0.05) is 60.8 Å². The Bertz CT molecular complexity index is 790. The number of thioether (sulfide) groups is 1. The van der Waals surface area contributed by atoms with E-state index in [1.807, 2.05) is 19.2 Å². The van der Waals surface area contributed by atoms with Crippen molar-refractivity contribution in [1.82, 2.24) is 0 Å². The highest BCUT2D eigenvalue weighted by Crippen LogP contribution is 2.44. The van der Waals surface area contributed by atoms with E-state index in [2.05, 4.69) is 78.5 Å². The molecule has 0 unspecified atom stereocenters. The van der Waals surface area contributed by atoms with Crippen LogP contribution in [0.5, 0.6) is 0 Å². The molecule has 3 heteroatoms. The normalized spacial score (nSPS) is 15.2. The molecule has 3 rings (SSSR count). The van der Waals surface area contributed by atoms with Crippen LogP contribution >= 0.6 is 11.8 Å². The molecule has 0 aliphatic carbocycles. The van der Waals surface area contributed by atoms with E-state index in [4.69, 9.17) is 0 Å². The zero-order valence-electron chi connectivity index (χ0n) is 13.4. The van der Waals surface area contributed by atoms with Crippen molar-refractivity contribution in [1.29, 1.82) is 0 Å². The van der Waals surface area contributed by atoms with E-state index in [0.717, 1.165) is 16.8 Å². The first-order valence-electron chi connectivity index (χ1n) is 7.55. The van der Waals surface area contributed by atoms with E-state index in [0.29, 0.717) is 0 Å². The molecule has 2 aromatic carbocycles. The van der Waals surface area contributed by atoms with Crippen molar-refractivity contribution in [2.24, 2.45) is 0 Å². The minimum Gasteiger partial charge on any atom is -0.388 e. The van der Waals surface area contributed by atoms with E-state index < -0.39 is 0 Å². The summed E-state index contributed by atoms with van der Waals surface area (Å²) >= 11 is 1.78. The van der Waals surface area contributed by atoms with Crippen molar-refractivity contribution in [3.8, 4) is 0 Å². The topological polar surface area (TPSA) is 15.3 Å². The predicted octanol–water partition coefficient (Wildman–Crippen LogP) is 5.38. The van der Waals surface area contributed by atoms with Crippen LogP contribution in [0.1, 0.15) is 5.56 Å². The van der Waals surface area contributed by atoms with Gasteiger partial charge in [0.05, 0.1) is 10.7 Å². The van der Waals surface area contributed by atoms with Gasteiger partial charge >= 0.3 is 0 Å². The maximum Gasteiger partial charge on any atom is 0.0804 e. The quantitative estimate of drug-likeness (QED) is 0.761. The van der Waals surface area contributed by atoms with Crippen molar-refractivity contribution >= 4 is 29.2 Å². The molecule has 0 saturated carbocycles. The molecule has 1 N–H and O–H groups in total. The smallest absolute Gasteiger partial charge is 0.0804 e. The summed E-state index contributed by atoms with van der Waals surface area (Å²) < 4.78 is 0. The molecule has 0 bridgehead atoms. The molecule has 0 amide bonds. The first-order valence-corrected chi connectivity index (χ1v) is 8.37. The molecule has 0 spiro atoms. The maximum atomic E-state index is 4.16. The van der Waals surface area contributed by atoms with Crippen LogP contribution < -0.4 is 10.2 Å². The van der Waals surface area contributed by atoms with Crippen LogP contribution in [0.25, 0.3) is 6.08 Å². The first kappa shape index (κ1) is 15.5. The largest absolute Gasteiger partial charge is 0.388 e. The number of hydrogen-bond acceptors (Lipinski definition) is 3. The van der Waals surface area contributed by atoms with Gasteiger partial charge in [0.25, 0.3) is 0 Å². The van der Waals surface area contributed by atoms with Crippen LogP contribution in [0.2, 0.25) is 0 Å². The summed E-state index contributed by atoms with van der Waals surface area (Å²) in [5.74, 6) is 0. The van der Waals surface area contributed by atoms with Crippen LogP contribution in [0, 0.1) is 0 Å². The van der Waals surface area contributed by atoms with Gasteiger partial charge in [-0.15, -0.1) is 0 Å². The van der Waals surface area contributed by atoms with Crippen LogP contribution in [0.4, 0.5) is 11.4 Å². The standard InChI is InChI=1S/C20H20N2S/c1-15(12-13-16-8-4-5-9-17(16)21-2)14-20-22(3)18-10-6-7-11-19(18)23-20/h4-14,21H,1H2,2-3H3/b13-12-,20-14-. The van der Waals surface area contributed by atoms with Gasteiger partial charge in [0, 0.05) is 24.7 Å². The lowest BCUT2D eigenvalue weighted by atomic mass is 10.1. The van der Waals surface area contributed by atoms with Crippen molar-refractivity contribution in [3.63, 3.8) is 0 Å². The summed E-state index contributed by atoms with van der Waals surface area (Å²) in [5.41, 5.74) is 4.51. The third kappa shape index (κ3) is 3.35. The van der Waals surface area contributed by atoms with Crippen molar-refractivity contribution in [2.75, 3.05) is 24.3 Å². The summed E-state index contributed by atoms with van der Waals surface area (Å²) in [6.07, 6.45) is 6.28. The zero-order chi connectivity index (χ0) is 16.2. The molecule has 0 atom stereocenters. The highest BCUT2D eigenvalue weighted by molar-refractivity contribution is 8.03. The van der Waals surface area contributed by atoms with Gasteiger partial charge < -0.3 is 10.2 Å². The molecular weight excluding hydrogens is 300 g/mol. The minimum atomic E-state index is 0.984. The Kier molecular flexibility index (Phi) is 4.58. The van der Waals surface area contributed by atoms with Crippen LogP contribution in [0.15, 0.2) is 82.8 Å². The highest BCUT2D eigenvalue weighted by atomic mass is 32.2. The van der Waals surface area contributed by atoms with Crippen LogP contribution in [0.3, 0.4) is 0 Å². The Labute approximate surface area is 142 Å². The fraction of sp³-hybridized carbons (Fsp3) is 0.100. The SMILES string of the molecule is C=C(/C=C\c1ccccc1NC)/C=C1\Sc2ccccc2N1C. The van der Waals surface area contributed by atoms with Gasteiger partial charge in [-0.2, -0.15) is 0 Å². The Morgan fingerprint density at radius 2 is 1.87 bits per heavy atom. The van der Waals surface area contributed by atoms with Crippen molar-refractivity contribution < 1.29 is 0 Å². The molecule has 23 heavy (non-hydrogen) atoms. The number of rotatable bonds is 4. The third-order valence-corrected chi connectivity index (χ3v) is 4.95. The molecule has 1 aliphatic rings. The molecule has 1 heterocycles. The number of nitrogens with one attached hydrogen (secondary N) is 1. The lowest BCUT2D eigenvalue weighted by molar-refractivity contribution is 1.17. The summed E-state index contributed by atoms with van der Waals surface area (Å²) in [7, 11) is 4.03. The number of hydrogen-bond donors (Lipinski definition) is 1. The fourth-order valence-electron chi connectivity index (χ4n) is 2.52. The van der Waals surface area contributed by atoms with Gasteiger partial charge in [-0.05, 0) is 35.4 Å². The number of benzene rings is 2. The minimum absolute atomic E-state index is 0.984. The molecule has 0 fully saturated rings.